The van der Waals surface area contributed by atoms with E-state index in [9.17, 15) is 0 Å². The smallest absolute Gasteiger partial charge is 0.241 e. The van der Waals surface area contributed by atoms with Gasteiger partial charge in [-0.2, -0.15) is 0 Å². The Morgan fingerprint density at radius 2 is 2.21 bits per heavy atom. The molecule has 28 heavy (non-hydrogen) atoms. The van der Waals surface area contributed by atoms with E-state index >= 15 is 0 Å². The average Bonchev–Trinajstić information content (AvgIpc) is 3.48. The zero-order chi connectivity index (χ0) is 18.7. The lowest BCUT2D eigenvalue weighted by Crippen LogP contribution is -2.28. The van der Waals surface area contributed by atoms with E-state index in [-0.39, 0.29) is 12.2 Å². The highest BCUT2D eigenvalue weighted by Crippen LogP contribution is 2.38. The van der Waals surface area contributed by atoms with Crippen molar-refractivity contribution in [1.29, 1.82) is 0 Å². The molecule has 5 heterocycles. The fourth-order valence-electron chi connectivity index (χ4n) is 4.50. The minimum atomic E-state index is 0.116. The lowest BCUT2D eigenvalue weighted by Gasteiger charge is -2.18. The molecule has 0 saturated carbocycles. The van der Waals surface area contributed by atoms with Gasteiger partial charge in [-0.3, -0.25) is 14.7 Å². The van der Waals surface area contributed by atoms with Gasteiger partial charge in [-0.15, -0.1) is 5.10 Å². The summed E-state index contributed by atoms with van der Waals surface area (Å²) in [5, 5.41) is 9.04. The first-order valence-corrected chi connectivity index (χ1v) is 9.79. The first-order valence-electron chi connectivity index (χ1n) is 9.79. The summed E-state index contributed by atoms with van der Waals surface area (Å²) in [5.74, 6) is 1.50. The van der Waals surface area contributed by atoms with Gasteiger partial charge in [-0.1, -0.05) is 6.07 Å². The largest absolute Gasteiger partial charge is 0.470 e. The van der Waals surface area contributed by atoms with Crippen molar-refractivity contribution in [3.05, 3.63) is 47.8 Å². The van der Waals surface area contributed by atoms with E-state index in [0.717, 1.165) is 52.9 Å². The number of aliphatic imine (C=N–C) groups is 1. The lowest BCUT2D eigenvalue weighted by molar-refractivity contribution is 0.0625. The third-order valence-electron chi connectivity index (χ3n) is 5.92. The molecule has 0 aliphatic carbocycles. The monoisotopic (exact) mass is 375 g/mol. The quantitative estimate of drug-likeness (QED) is 0.762. The number of benzene rings is 1. The Hall–Kier alpha value is -2.93. The van der Waals surface area contributed by atoms with Crippen molar-refractivity contribution in [3.63, 3.8) is 0 Å². The summed E-state index contributed by atoms with van der Waals surface area (Å²) in [6.45, 7) is 0.670. The van der Waals surface area contributed by atoms with Crippen molar-refractivity contribution < 1.29 is 9.47 Å². The van der Waals surface area contributed by atoms with Crippen LogP contribution in [0, 0.1) is 0 Å². The molecule has 3 atom stereocenters. The standard InChI is InChI=1S/C21H21N5O2/c1-26-16-9-13(24-20-19-12(11-23-20)3-2-8-22-19)4-6-15(16)21(25-26)28-18-10-14-5-7-17(18)27-14/h2-4,6,8-9,14,17-18H,5,7,10-11H2,1H3,(H,23,24). The van der Waals surface area contributed by atoms with Crippen LogP contribution in [0.15, 0.2) is 41.5 Å². The van der Waals surface area contributed by atoms with Crippen LogP contribution in [-0.4, -0.2) is 38.9 Å². The van der Waals surface area contributed by atoms with Gasteiger partial charge in [0.25, 0.3) is 0 Å². The molecule has 3 unspecified atom stereocenters. The zero-order valence-corrected chi connectivity index (χ0v) is 15.6. The SMILES string of the molecule is Cn1nc(OC2CC3CCC2O3)c2ccc(NC3=NCc4cccnc43)cc21. The topological polar surface area (TPSA) is 73.6 Å². The third-order valence-corrected chi connectivity index (χ3v) is 5.92. The summed E-state index contributed by atoms with van der Waals surface area (Å²) < 4.78 is 14.0. The summed E-state index contributed by atoms with van der Waals surface area (Å²) in [4.78, 5) is 9.03. The van der Waals surface area contributed by atoms with E-state index < -0.39 is 0 Å². The molecule has 0 radical (unpaired) electrons. The highest BCUT2D eigenvalue weighted by Gasteiger charge is 2.42. The molecule has 6 rings (SSSR count). The molecule has 2 aromatic heterocycles. The van der Waals surface area contributed by atoms with E-state index in [1.165, 1.54) is 0 Å². The highest BCUT2D eigenvalue weighted by atomic mass is 16.6. The molecule has 0 spiro atoms. The first-order chi connectivity index (χ1) is 13.7. The maximum atomic E-state index is 6.25. The Morgan fingerprint density at radius 1 is 1.25 bits per heavy atom. The van der Waals surface area contributed by atoms with Gasteiger partial charge in [0.15, 0.2) is 5.84 Å². The molecule has 3 aliphatic rings. The Labute approximate surface area is 162 Å². The van der Waals surface area contributed by atoms with Gasteiger partial charge in [0.2, 0.25) is 5.88 Å². The first kappa shape index (κ1) is 16.1. The number of amidine groups is 1. The number of fused-ring (bicyclic) bond motifs is 4. The molecular formula is C21H21N5O2. The van der Waals surface area contributed by atoms with Crippen molar-refractivity contribution >= 4 is 22.4 Å². The number of nitrogens with one attached hydrogen (secondary N) is 1. The number of anilines is 1. The number of aromatic nitrogens is 3. The molecular weight excluding hydrogens is 354 g/mol. The van der Waals surface area contributed by atoms with Crippen LogP contribution in [0.3, 0.4) is 0 Å². The molecule has 7 heteroatoms. The van der Waals surface area contributed by atoms with Gasteiger partial charge in [-0.25, -0.2) is 0 Å². The Bertz CT molecular complexity index is 1110. The Kier molecular flexibility index (Phi) is 3.46. The summed E-state index contributed by atoms with van der Waals surface area (Å²) in [6, 6.07) is 10.2. The molecule has 3 aromatic rings. The molecule has 142 valence electrons. The van der Waals surface area contributed by atoms with Crippen molar-refractivity contribution in [3.8, 4) is 5.88 Å². The number of hydrogen-bond acceptors (Lipinski definition) is 6. The molecule has 2 bridgehead atoms. The second-order valence-electron chi connectivity index (χ2n) is 7.73. The van der Waals surface area contributed by atoms with Crippen LogP contribution >= 0.6 is 0 Å². The number of hydrogen-bond donors (Lipinski definition) is 1. The van der Waals surface area contributed by atoms with E-state index in [4.69, 9.17) is 9.47 Å². The molecule has 2 saturated heterocycles. The van der Waals surface area contributed by atoms with Crippen LogP contribution in [0.5, 0.6) is 5.88 Å². The minimum Gasteiger partial charge on any atom is -0.470 e. The summed E-state index contributed by atoms with van der Waals surface area (Å²) >= 11 is 0. The molecule has 1 aromatic carbocycles. The van der Waals surface area contributed by atoms with Gasteiger partial charge in [0, 0.05) is 30.9 Å². The molecule has 0 amide bonds. The van der Waals surface area contributed by atoms with Crippen molar-refractivity contribution in [1.82, 2.24) is 14.8 Å². The fourth-order valence-corrected chi connectivity index (χ4v) is 4.50. The normalized spacial score (nSPS) is 25.2. The number of nitrogens with zero attached hydrogens (tertiary/aromatic N) is 4. The minimum absolute atomic E-state index is 0.116. The highest BCUT2D eigenvalue weighted by molar-refractivity contribution is 6.09. The molecule has 2 fully saturated rings. The van der Waals surface area contributed by atoms with Crippen LogP contribution < -0.4 is 10.1 Å². The second-order valence-corrected chi connectivity index (χ2v) is 7.73. The van der Waals surface area contributed by atoms with Gasteiger partial charge < -0.3 is 14.8 Å². The fraction of sp³-hybridized carbons (Fsp3) is 0.381. The predicted molar refractivity (Wildman–Crippen MR) is 106 cm³/mol. The molecule has 7 nitrogen and oxygen atoms in total. The summed E-state index contributed by atoms with van der Waals surface area (Å²) in [6.07, 6.45) is 5.71. The maximum Gasteiger partial charge on any atom is 0.241 e. The Balaban J connectivity index is 1.27. The molecule has 1 N–H and O–H groups in total. The van der Waals surface area contributed by atoms with Gasteiger partial charge >= 0.3 is 0 Å². The van der Waals surface area contributed by atoms with Gasteiger partial charge in [0.05, 0.1) is 29.7 Å². The van der Waals surface area contributed by atoms with Gasteiger partial charge in [-0.05, 0) is 37.1 Å². The lowest BCUT2D eigenvalue weighted by atomic mass is 9.98. The van der Waals surface area contributed by atoms with E-state index in [1.807, 2.05) is 23.9 Å². The van der Waals surface area contributed by atoms with E-state index in [0.29, 0.717) is 18.5 Å². The van der Waals surface area contributed by atoms with Crippen LogP contribution in [-0.2, 0) is 18.3 Å². The predicted octanol–water partition coefficient (Wildman–Crippen LogP) is 3.04. The van der Waals surface area contributed by atoms with Crippen LogP contribution in [0.4, 0.5) is 5.69 Å². The third kappa shape index (κ3) is 2.50. The Morgan fingerprint density at radius 3 is 3.07 bits per heavy atom. The van der Waals surface area contributed by atoms with Crippen LogP contribution in [0.25, 0.3) is 10.9 Å². The zero-order valence-electron chi connectivity index (χ0n) is 15.6. The van der Waals surface area contributed by atoms with E-state index in [2.05, 4.69) is 38.6 Å². The van der Waals surface area contributed by atoms with Crippen LogP contribution in [0.1, 0.15) is 30.5 Å². The summed E-state index contributed by atoms with van der Waals surface area (Å²) in [5.41, 5.74) is 4.05. The average molecular weight is 375 g/mol. The van der Waals surface area contributed by atoms with Crippen molar-refractivity contribution in [2.24, 2.45) is 12.0 Å². The number of ether oxygens (including phenoxy) is 2. The number of aryl methyl sites for hydroxylation is 1. The maximum absolute atomic E-state index is 6.25. The van der Waals surface area contributed by atoms with E-state index in [1.54, 1.807) is 6.20 Å². The van der Waals surface area contributed by atoms with Crippen molar-refractivity contribution in [2.75, 3.05) is 5.32 Å². The van der Waals surface area contributed by atoms with Crippen LogP contribution in [0.2, 0.25) is 0 Å². The number of pyridine rings is 1. The summed E-state index contributed by atoms with van der Waals surface area (Å²) in [7, 11) is 1.94. The molecule has 3 aliphatic heterocycles. The number of rotatable bonds is 3. The van der Waals surface area contributed by atoms with Gasteiger partial charge in [0.1, 0.15) is 11.8 Å². The van der Waals surface area contributed by atoms with Crippen molar-refractivity contribution in [2.45, 2.75) is 44.1 Å². The second kappa shape index (κ2) is 6.04.